The molecule has 0 bridgehead atoms. The number of hydrogen-bond acceptors (Lipinski definition) is 8. The standard InChI is InChI=1S/C16H24O8/c1-5-21-15(19)9-11(3)23-13(17)7-8-14(18)24-12(4)10-16(20)22-6-2/h7-8,11-12H,5-6,9-10H2,1-4H3/b8-7+. The van der Waals surface area contributed by atoms with Crippen LogP contribution in [-0.4, -0.2) is 49.3 Å². The van der Waals surface area contributed by atoms with Gasteiger partial charge in [-0.3, -0.25) is 9.59 Å². The molecular formula is C16H24O8. The van der Waals surface area contributed by atoms with Crippen molar-refractivity contribution in [3.63, 3.8) is 0 Å². The summed E-state index contributed by atoms with van der Waals surface area (Å²) in [5, 5.41) is 0. The Bertz CT molecular complexity index is 427. The molecule has 0 saturated carbocycles. The SMILES string of the molecule is CCOC(=O)CC(C)OC(=O)/C=C/C(=O)OC(C)CC(=O)OCC. The average Bonchev–Trinajstić information content (AvgIpc) is 2.45. The van der Waals surface area contributed by atoms with E-state index in [0.717, 1.165) is 12.2 Å². The number of hydrogen-bond donors (Lipinski definition) is 0. The van der Waals surface area contributed by atoms with Gasteiger partial charge in [0, 0.05) is 12.2 Å². The topological polar surface area (TPSA) is 105 Å². The largest absolute Gasteiger partial charge is 0.466 e. The van der Waals surface area contributed by atoms with Crippen molar-refractivity contribution in [3.05, 3.63) is 12.2 Å². The van der Waals surface area contributed by atoms with Crippen molar-refractivity contribution in [2.75, 3.05) is 13.2 Å². The minimum Gasteiger partial charge on any atom is -0.466 e. The van der Waals surface area contributed by atoms with Gasteiger partial charge in [0.05, 0.1) is 26.1 Å². The van der Waals surface area contributed by atoms with Crippen LogP contribution in [0.3, 0.4) is 0 Å². The normalized spacial score (nSPS) is 13.0. The van der Waals surface area contributed by atoms with Crippen molar-refractivity contribution in [3.8, 4) is 0 Å². The zero-order valence-electron chi connectivity index (χ0n) is 14.4. The van der Waals surface area contributed by atoms with E-state index in [2.05, 4.69) is 0 Å². The van der Waals surface area contributed by atoms with E-state index in [4.69, 9.17) is 18.9 Å². The van der Waals surface area contributed by atoms with Gasteiger partial charge in [-0.2, -0.15) is 0 Å². The molecule has 0 heterocycles. The zero-order valence-corrected chi connectivity index (χ0v) is 14.4. The molecule has 8 nitrogen and oxygen atoms in total. The molecule has 0 aromatic rings. The highest BCUT2D eigenvalue weighted by molar-refractivity contribution is 5.92. The molecular weight excluding hydrogens is 320 g/mol. The van der Waals surface area contributed by atoms with Crippen LogP contribution in [0.4, 0.5) is 0 Å². The van der Waals surface area contributed by atoms with Gasteiger partial charge in [0.25, 0.3) is 0 Å². The fourth-order valence-electron chi connectivity index (χ4n) is 1.60. The monoisotopic (exact) mass is 344 g/mol. The van der Waals surface area contributed by atoms with Crippen LogP contribution >= 0.6 is 0 Å². The quantitative estimate of drug-likeness (QED) is 0.332. The molecule has 0 aliphatic heterocycles. The summed E-state index contributed by atoms with van der Waals surface area (Å²) in [7, 11) is 0. The summed E-state index contributed by atoms with van der Waals surface area (Å²) < 4.78 is 19.3. The number of rotatable bonds is 10. The lowest BCUT2D eigenvalue weighted by molar-refractivity contribution is -0.153. The van der Waals surface area contributed by atoms with E-state index in [1.165, 1.54) is 13.8 Å². The third kappa shape index (κ3) is 11.2. The lowest BCUT2D eigenvalue weighted by atomic mass is 10.3. The molecule has 0 aliphatic carbocycles. The molecule has 0 aromatic heterocycles. The summed E-state index contributed by atoms with van der Waals surface area (Å²) >= 11 is 0. The molecule has 24 heavy (non-hydrogen) atoms. The van der Waals surface area contributed by atoms with E-state index in [1.54, 1.807) is 13.8 Å². The number of carbonyl (C=O) groups excluding carboxylic acids is 4. The van der Waals surface area contributed by atoms with Crippen molar-refractivity contribution >= 4 is 23.9 Å². The van der Waals surface area contributed by atoms with Crippen molar-refractivity contribution < 1.29 is 38.1 Å². The van der Waals surface area contributed by atoms with E-state index in [0.29, 0.717) is 0 Å². The van der Waals surface area contributed by atoms with Crippen molar-refractivity contribution in [1.29, 1.82) is 0 Å². The third-order valence-electron chi connectivity index (χ3n) is 2.51. The fraction of sp³-hybridized carbons (Fsp3) is 0.625. The Morgan fingerprint density at radius 1 is 0.750 bits per heavy atom. The van der Waals surface area contributed by atoms with Gasteiger partial charge in [-0.1, -0.05) is 0 Å². The number of ether oxygens (including phenoxy) is 4. The molecule has 0 fully saturated rings. The van der Waals surface area contributed by atoms with Gasteiger partial charge in [0.1, 0.15) is 12.2 Å². The molecule has 0 aliphatic rings. The first-order valence-electron chi connectivity index (χ1n) is 7.68. The Balaban J connectivity index is 4.18. The van der Waals surface area contributed by atoms with Gasteiger partial charge in [0.15, 0.2) is 0 Å². The van der Waals surface area contributed by atoms with Crippen LogP contribution < -0.4 is 0 Å². The van der Waals surface area contributed by atoms with Crippen LogP contribution in [0.1, 0.15) is 40.5 Å². The van der Waals surface area contributed by atoms with Crippen LogP contribution in [0.5, 0.6) is 0 Å². The van der Waals surface area contributed by atoms with Crippen LogP contribution in [-0.2, 0) is 38.1 Å². The Hall–Kier alpha value is -2.38. The summed E-state index contributed by atoms with van der Waals surface area (Å²) in [6.45, 7) is 6.90. The van der Waals surface area contributed by atoms with Gasteiger partial charge in [-0.15, -0.1) is 0 Å². The average molecular weight is 344 g/mol. The van der Waals surface area contributed by atoms with Crippen molar-refractivity contribution in [2.24, 2.45) is 0 Å². The van der Waals surface area contributed by atoms with Crippen molar-refractivity contribution in [2.45, 2.75) is 52.7 Å². The lowest BCUT2D eigenvalue weighted by Gasteiger charge is -2.11. The molecule has 2 unspecified atom stereocenters. The van der Waals surface area contributed by atoms with Gasteiger partial charge in [0.2, 0.25) is 0 Å². The van der Waals surface area contributed by atoms with E-state index in [1.807, 2.05) is 0 Å². The first-order chi connectivity index (χ1) is 11.3. The lowest BCUT2D eigenvalue weighted by Crippen LogP contribution is -2.20. The predicted molar refractivity (Wildman–Crippen MR) is 82.7 cm³/mol. The predicted octanol–water partition coefficient (Wildman–Crippen LogP) is 1.31. The first kappa shape index (κ1) is 21.6. The molecule has 2 atom stereocenters. The number of carbonyl (C=O) groups is 4. The Labute approximate surface area is 141 Å². The van der Waals surface area contributed by atoms with E-state index < -0.39 is 36.1 Å². The Morgan fingerprint density at radius 2 is 1.08 bits per heavy atom. The minimum absolute atomic E-state index is 0.0750. The Kier molecular flexibility index (Phi) is 10.9. The molecule has 0 amide bonds. The molecule has 0 saturated heterocycles. The van der Waals surface area contributed by atoms with Gasteiger partial charge >= 0.3 is 23.9 Å². The third-order valence-corrected chi connectivity index (χ3v) is 2.51. The molecule has 0 aromatic carbocycles. The van der Waals surface area contributed by atoms with Gasteiger partial charge in [-0.05, 0) is 27.7 Å². The molecule has 0 N–H and O–H groups in total. The second-order valence-corrected chi connectivity index (χ2v) is 4.85. The van der Waals surface area contributed by atoms with Gasteiger partial charge < -0.3 is 18.9 Å². The van der Waals surface area contributed by atoms with Crippen molar-refractivity contribution in [1.82, 2.24) is 0 Å². The maximum absolute atomic E-state index is 11.5. The summed E-state index contributed by atoms with van der Waals surface area (Å²) in [5.74, 6) is -2.54. The summed E-state index contributed by atoms with van der Waals surface area (Å²) in [6, 6.07) is 0. The Morgan fingerprint density at radius 3 is 1.38 bits per heavy atom. The second kappa shape index (κ2) is 12.1. The smallest absolute Gasteiger partial charge is 0.331 e. The number of esters is 4. The summed E-state index contributed by atoms with van der Waals surface area (Å²) in [5.41, 5.74) is 0. The molecule has 136 valence electrons. The van der Waals surface area contributed by atoms with E-state index in [-0.39, 0.29) is 26.1 Å². The molecule has 8 heteroatoms. The van der Waals surface area contributed by atoms with Crippen LogP contribution in [0.15, 0.2) is 12.2 Å². The maximum atomic E-state index is 11.5. The van der Waals surface area contributed by atoms with Crippen LogP contribution in [0, 0.1) is 0 Å². The molecule has 0 spiro atoms. The van der Waals surface area contributed by atoms with E-state index in [9.17, 15) is 19.2 Å². The summed E-state index contributed by atoms with van der Waals surface area (Å²) in [4.78, 5) is 45.4. The highest BCUT2D eigenvalue weighted by Gasteiger charge is 2.15. The molecule has 0 radical (unpaired) electrons. The minimum atomic E-state index is -0.790. The summed E-state index contributed by atoms with van der Waals surface area (Å²) in [6.07, 6.45) is 0.269. The second-order valence-electron chi connectivity index (χ2n) is 4.85. The highest BCUT2D eigenvalue weighted by Crippen LogP contribution is 2.03. The first-order valence-corrected chi connectivity index (χ1v) is 7.68. The molecule has 0 rings (SSSR count). The van der Waals surface area contributed by atoms with Gasteiger partial charge in [-0.25, -0.2) is 9.59 Å². The zero-order chi connectivity index (χ0) is 18.5. The maximum Gasteiger partial charge on any atom is 0.331 e. The van der Waals surface area contributed by atoms with Crippen LogP contribution in [0.25, 0.3) is 0 Å². The highest BCUT2D eigenvalue weighted by atomic mass is 16.6. The van der Waals surface area contributed by atoms with E-state index >= 15 is 0 Å². The van der Waals surface area contributed by atoms with Crippen LogP contribution in [0.2, 0.25) is 0 Å². The fourth-order valence-corrected chi connectivity index (χ4v) is 1.60.